The zero-order valence-corrected chi connectivity index (χ0v) is 16.7. The first-order chi connectivity index (χ1) is 13.6. The Morgan fingerprint density at radius 2 is 1.82 bits per heavy atom. The highest BCUT2D eigenvalue weighted by atomic mass is 19.1. The van der Waals surface area contributed by atoms with Crippen LogP contribution >= 0.6 is 0 Å². The number of aliphatic imine (C=N–C) groups is 1. The normalized spacial score (nSPS) is 15.1. The number of nitrogens with one attached hydrogen (secondary N) is 2. The Hall–Kier alpha value is -2.76. The SMILES string of the molecule is CN=C(NCCc1ccc(OC)c(OC)c1)NCC1(c2ccccc2F)CC1. The quantitative estimate of drug-likeness (QED) is 0.541. The summed E-state index contributed by atoms with van der Waals surface area (Å²) in [5, 5.41) is 6.68. The second-order valence-electron chi connectivity index (χ2n) is 7.05. The lowest BCUT2D eigenvalue weighted by Gasteiger charge is -2.19. The number of benzene rings is 2. The summed E-state index contributed by atoms with van der Waals surface area (Å²) in [6.07, 6.45) is 2.80. The van der Waals surface area contributed by atoms with Gasteiger partial charge in [-0.25, -0.2) is 4.39 Å². The second-order valence-corrected chi connectivity index (χ2v) is 7.05. The Labute approximate surface area is 166 Å². The smallest absolute Gasteiger partial charge is 0.191 e. The van der Waals surface area contributed by atoms with Gasteiger partial charge in [0.05, 0.1) is 14.2 Å². The van der Waals surface area contributed by atoms with E-state index in [1.807, 2.05) is 30.3 Å². The maximum atomic E-state index is 14.1. The molecule has 0 amide bonds. The largest absolute Gasteiger partial charge is 0.493 e. The molecular weight excluding hydrogens is 357 g/mol. The van der Waals surface area contributed by atoms with E-state index in [0.717, 1.165) is 54.4 Å². The van der Waals surface area contributed by atoms with Gasteiger partial charge in [0.1, 0.15) is 5.82 Å². The molecule has 1 fully saturated rings. The first-order valence-electron chi connectivity index (χ1n) is 9.52. The molecule has 0 saturated heterocycles. The van der Waals surface area contributed by atoms with E-state index >= 15 is 0 Å². The first kappa shape index (κ1) is 20.0. The molecule has 0 unspecified atom stereocenters. The molecule has 0 spiro atoms. The van der Waals surface area contributed by atoms with E-state index in [2.05, 4.69) is 15.6 Å². The van der Waals surface area contributed by atoms with Crippen LogP contribution in [0.4, 0.5) is 4.39 Å². The molecule has 28 heavy (non-hydrogen) atoms. The third kappa shape index (κ3) is 4.55. The number of hydrogen-bond donors (Lipinski definition) is 2. The fraction of sp³-hybridized carbons (Fsp3) is 0.409. The van der Waals surface area contributed by atoms with Gasteiger partial charge in [-0.15, -0.1) is 0 Å². The topological polar surface area (TPSA) is 54.9 Å². The van der Waals surface area contributed by atoms with Crippen LogP contribution in [0.2, 0.25) is 0 Å². The lowest BCUT2D eigenvalue weighted by atomic mass is 9.95. The Bertz CT molecular complexity index is 834. The minimum absolute atomic E-state index is 0.119. The van der Waals surface area contributed by atoms with Crippen LogP contribution in [0.15, 0.2) is 47.5 Å². The Kier molecular flexibility index (Phi) is 6.39. The Morgan fingerprint density at radius 1 is 1.07 bits per heavy atom. The summed E-state index contributed by atoms with van der Waals surface area (Å²) in [5.41, 5.74) is 1.82. The van der Waals surface area contributed by atoms with Gasteiger partial charge in [-0.1, -0.05) is 24.3 Å². The van der Waals surface area contributed by atoms with E-state index in [-0.39, 0.29) is 11.2 Å². The molecule has 1 saturated carbocycles. The fourth-order valence-electron chi connectivity index (χ4n) is 3.42. The molecule has 2 N–H and O–H groups in total. The molecule has 1 aliphatic rings. The maximum absolute atomic E-state index is 14.1. The predicted molar refractivity (Wildman–Crippen MR) is 110 cm³/mol. The van der Waals surface area contributed by atoms with E-state index in [4.69, 9.17) is 9.47 Å². The number of nitrogens with zero attached hydrogens (tertiary/aromatic N) is 1. The van der Waals surface area contributed by atoms with Gasteiger partial charge in [0.2, 0.25) is 0 Å². The summed E-state index contributed by atoms with van der Waals surface area (Å²) >= 11 is 0. The third-order valence-electron chi connectivity index (χ3n) is 5.27. The maximum Gasteiger partial charge on any atom is 0.191 e. The highest BCUT2D eigenvalue weighted by Gasteiger charge is 2.45. The van der Waals surface area contributed by atoms with Crippen molar-refractivity contribution in [2.75, 3.05) is 34.4 Å². The molecule has 5 nitrogen and oxygen atoms in total. The summed E-state index contributed by atoms with van der Waals surface area (Å²) in [5.74, 6) is 2.05. The van der Waals surface area contributed by atoms with Gasteiger partial charge < -0.3 is 20.1 Å². The third-order valence-corrected chi connectivity index (χ3v) is 5.27. The van der Waals surface area contributed by atoms with Gasteiger partial charge in [0.15, 0.2) is 17.5 Å². The second kappa shape index (κ2) is 8.95. The lowest BCUT2D eigenvalue weighted by Crippen LogP contribution is -2.42. The van der Waals surface area contributed by atoms with E-state index in [9.17, 15) is 4.39 Å². The zero-order valence-electron chi connectivity index (χ0n) is 16.7. The van der Waals surface area contributed by atoms with Crippen LogP contribution in [0.25, 0.3) is 0 Å². The lowest BCUT2D eigenvalue weighted by molar-refractivity contribution is 0.354. The first-order valence-corrected chi connectivity index (χ1v) is 9.52. The monoisotopic (exact) mass is 385 g/mol. The Morgan fingerprint density at radius 3 is 2.46 bits per heavy atom. The summed E-state index contributed by atoms with van der Waals surface area (Å²) < 4.78 is 24.8. The van der Waals surface area contributed by atoms with Crippen LogP contribution in [0.1, 0.15) is 24.0 Å². The number of methoxy groups -OCH3 is 2. The zero-order chi connectivity index (χ0) is 20.0. The molecule has 1 aliphatic carbocycles. The standard InChI is InChI=1S/C22H28FN3O2/c1-24-21(25-13-10-16-8-9-19(27-2)20(14-16)28-3)26-15-22(11-12-22)17-6-4-5-7-18(17)23/h4-9,14H,10-13,15H2,1-3H3,(H2,24,25,26). The van der Waals surface area contributed by atoms with Crippen molar-refractivity contribution < 1.29 is 13.9 Å². The molecule has 0 aliphatic heterocycles. The summed E-state index contributed by atoms with van der Waals surface area (Å²) in [6.45, 7) is 1.39. The van der Waals surface area contributed by atoms with Crippen LogP contribution in [0.3, 0.4) is 0 Å². The van der Waals surface area contributed by atoms with Crippen molar-refractivity contribution in [3.63, 3.8) is 0 Å². The molecule has 150 valence electrons. The van der Waals surface area contributed by atoms with E-state index < -0.39 is 0 Å². The van der Waals surface area contributed by atoms with Crippen LogP contribution in [-0.4, -0.2) is 40.3 Å². The average molecular weight is 385 g/mol. The number of guanidine groups is 1. The van der Waals surface area contributed by atoms with Gasteiger partial charge in [-0.2, -0.15) is 0 Å². The van der Waals surface area contributed by atoms with Gasteiger partial charge in [0, 0.05) is 25.6 Å². The fourth-order valence-corrected chi connectivity index (χ4v) is 3.42. The summed E-state index contributed by atoms with van der Waals surface area (Å²) in [6, 6.07) is 13.0. The molecule has 3 rings (SSSR count). The molecule has 2 aromatic rings. The van der Waals surface area contributed by atoms with Gasteiger partial charge in [-0.3, -0.25) is 4.99 Å². The van der Waals surface area contributed by atoms with E-state index in [1.54, 1.807) is 27.3 Å². The minimum Gasteiger partial charge on any atom is -0.493 e. The van der Waals surface area contributed by atoms with Gasteiger partial charge in [0.25, 0.3) is 0 Å². The Balaban J connectivity index is 1.51. The molecule has 0 atom stereocenters. The van der Waals surface area contributed by atoms with Crippen molar-refractivity contribution in [3.8, 4) is 11.5 Å². The van der Waals surface area contributed by atoms with Crippen LogP contribution in [0, 0.1) is 5.82 Å². The van der Waals surface area contributed by atoms with Crippen LogP contribution in [-0.2, 0) is 11.8 Å². The van der Waals surface area contributed by atoms with Crippen molar-refractivity contribution >= 4 is 5.96 Å². The van der Waals surface area contributed by atoms with Gasteiger partial charge in [-0.05, 0) is 48.6 Å². The van der Waals surface area contributed by atoms with Crippen LogP contribution < -0.4 is 20.1 Å². The molecule has 0 aromatic heterocycles. The molecule has 0 radical (unpaired) electrons. The van der Waals surface area contributed by atoms with Crippen molar-refractivity contribution in [1.82, 2.24) is 10.6 Å². The summed E-state index contributed by atoms with van der Waals surface area (Å²) in [4.78, 5) is 4.28. The van der Waals surface area contributed by atoms with Crippen molar-refractivity contribution in [1.29, 1.82) is 0 Å². The summed E-state index contributed by atoms with van der Waals surface area (Å²) in [7, 11) is 5.01. The molecule has 2 aromatic carbocycles. The minimum atomic E-state index is -0.127. The van der Waals surface area contributed by atoms with E-state index in [1.165, 1.54) is 6.07 Å². The molecule has 6 heteroatoms. The highest BCUT2D eigenvalue weighted by Crippen LogP contribution is 2.48. The van der Waals surface area contributed by atoms with Crippen LogP contribution in [0.5, 0.6) is 11.5 Å². The van der Waals surface area contributed by atoms with Gasteiger partial charge >= 0.3 is 0 Å². The van der Waals surface area contributed by atoms with Crippen molar-refractivity contribution in [2.45, 2.75) is 24.7 Å². The molecule has 0 heterocycles. The predicted octanol–water partition coefficient (Wildman–Crippen LogP) is 3.28. The van der Waals surface area contributed by atoms with Crippen molar-refractivity contribution in [3.05, 3.63) is 59.4 Å². The van der Waals surface area contributed by atoms with Crippen molar-refractivity contribution in [2.24, 2.45) is 4.99 Å². The number of hydrogen-bond acceptors (Lipinski definition) is 3. The average Bonchev–Trinajstić information content (AvgIpc) is 3.51. The number of halogens is 1. The molecular formula is C22H28FN3O2. The molecule has 0 bridgehead atoms. The number of rotatable bonds is 8. The number of ether oxygens (including phenoxy) is 2. The highest BCUT2D eigenvalue weighted by molar-refractivity contribution is 5.79. The van der Waals surface area contributed by atoms with E-state index in [0.29, 0.717) is 6.54 Å².